The van der Waals surface area contributed by atoms with Gasteiger partial charge in [0.25, 0.3) is 0 Å². The summed E-state index contributed by atoms with van der Waals surface area (Å²) in [5.74, 6) is 1.73. The maximum Gasteiger partial charge on any atom is 0.129 e. The molecule has 2 saturated heterocycles. The van der Waals surface area contributed by atoms with E-state index in [2.05, 4.69) is 20.2 Å². The minimum absolute atomic E-state index is 0.477. The van der Waals surface area contributed by atoms with Crippen LogP contribution < -0.4 is 5.32 Å². The average molecular weight is 248 g/mol. The summed E-state index contributed by atoms with van der Waals surface area (Å²) in [6.07, 6.45) is 5.22. The molecule has 3 rings (SSSR count). The molecule has 2 atom stereocenters. The number of fused-ring (bicyclic) bond motifs is 2. The molecule has 18 heavy (non-hydrogen) atoms. The first kappa shape index (κ1) is 11.9. The Morgan fingerprint density at radius 2 is 2.17 bits per heavy atom. The van der Waals surface area contributed by atoms with Crippen LogP contribution in [0.5, 0.6) is 0 Å². The van der Waals surface area contributed by atoms with Crippen LogP contribution in [0.3, 0.4) is 0 Å². The van der Waals surface area contributed by atoms with Crippen molar-refractivity contribution in [3.05, 3.63) is 18.1 Å². The van der Waals surface area contributed by atoms with E-state index in [1.807, 2.05) is 13.0 Å². The van der Waals surface area contributed by atoms with Crippen LogP contribution >= 0.6 is 0 Å². The molecular weight excluding hydrogens is 228 g/mol. The Hall–Kier alpha value is -1.20. The summed E-state index contributed by atoms with van der Waals surface area (Å²) in [5, 5.41) is 3.35. The summed E-state index contributed by atoms with van der Waals surface area (Å²) in [7, 11) is 0. The number of nitrogens with one attached hydrogen (secondary N) is 1. The number of morpholine rings is 1. The lowest BCUT2D eigenvalue weighted by Gasteiger charge is -2.32. The summed E-state index contributed by atoms with van der Waals surface area (Å²) in [6.45, 7) is 6.06. The monoisotopic (exact) mass is 248 g/mol. The molecule has 0 amide bonds. The molecule has 2 unspecified atom stereocenters. The molecule has 2 aliphatic rings. The van der Waals surface area contributed by atoms with Gasteiger partial charge >= 0.3 is 0 Å². The molecule has 2 aliphatic heterocycles. The fourth-order valence-electron chi connectivity index (χ4n) is 2.78. The molecule has 1 N–H and O–H groups in total. The number of nitrogens with zero attached hydrogens (tertiary/aromatic N) is 3. The molecule has 1 aromatic rings. The first-order valence-electron chi connectivity index (χ1n) is 6.71. The number of aromatic nitrogens is 2. The highest BCUT2D eigenvalue weighted by atomic mass is 16.5. The van der Waals surface area contributed by atoms with Gasteiger partial charge in [-0.25, -0.2) is 9.97 Å². The second-order valence-corrected chi connectivity index (χ2v) is 5.13. The van der Waals surface area contributed by atoms with Crippen molar-refractivity contribution in [3.63, 3.8) is 0 Å². The second kappa shape index (κ2) is 5.20. The van der Waals surface area contributed by atoms with Crippen molar-refractivity contribution in [2.24, 2.45) is 0 Å². The molecule has 3 heterocycles. The summed E-state index contributed by atoms with van der Waals surface area (Å²) in [5.41, 5.74) is 0. The molecule has 98 valence electrons. The summed E-state index contributed by atoms with van der Waals surface area (Å²) in [6, 6.07) is 1.91. The smallest absolute Gasteiger partial charge is 0.129 e. The number of rotatable bonds is 4. The summed E-state index contributed by atoms with van der Waals surface area (Å²) >= 11 is 0. The van der Waals surface area contributed by atoms with Crippen LogP contribution in [0.2, 0.25) is 0 Å². The van der Waals surface area contributed by atoms with Crippen LogP contribution in [-0.4, -0.2) is 53.3 Å². The van der Waals surface area contributed by atoms with Gasteiger partial charge in [-0.2, -0.15) is 0 Å². The first-order chi connectivity index (χ1) is 8.79. The molecule has 0 aromatic carbocycles. The lowest BCUT2D eigenvalue weighted by Crippen LogP contribution is -2.44. The zero-order chi connectivity index (χ0) is 12.4. The normalized spacial score (nSPS) is 27.4. The van der Waals surface area contributed by atoms with Crippen molar-refractivity contribution in [1.82, 2.24) is 14.9 Å². The fraction of sp³-hybridized carbons (Fsp3) is 0.692. The van der Waals surface area contributed by atoms with Gasteiger partial charge in [0.05, 0.1) is 12.2 Å². The SMILES string of the molecule is Cc1nccc(NCCN2CC3CCC(C2)O3)n1. The molecule has 5 nitrogen and oxygen atoms in total. The van der Waals surface area contributed by atoms with Crippen LogP contribution in [0.1, 0.15) is 18.7 Å². The number of hydrogen-bond acceptors (Lipinski definition) is 5. The van der Waals surface area contributed by atoms with E-state index >= 15 is 0 Å². The van der Waals surface area contributed by atoms with Crippen molar-refractivity contribution in [2.75, 3.05) is 31.5 Å². The Morgan fingerprint density at radius 3 is 2.89 bits per heavy atom. The molecule has 5 heteroatoms. The van der Waals surface area contributed by atoms with Gasteiger partial charge in [0.2, 0.25) is 0 Å². The Morgan fingerprint density at radius 1 is 1.39 bits per heavy atom. The van der Waals surface area contributed by atoms with E-state index in [0.29, 0.717) is 12.2 Å². The van der Waals surface area contributed by atoms with Gasteiger partial charge in [0, 0.05) is 32.4 Å². The van der Waals surface area contributed by atoms with Gasteiger partial charge in [0.1, 0.15) is 11.6 Å². The van der Waals surface area contributed by atoms with Crippen molar-refractivity contribution in [2.45, 2.75) is 32.0 Å². The number of likely N-dealkylation sites (tertiary alicyclic amines) is 1. The van der Waals surface area contributed by atoms with Crippen molar-refractivity contribution >= 4 is 5.82 Å². The number of aryl methyl sites for hydroxylation is 1. The molecule has 0 saturated carbocycles. The van der Waals surface area contributed by atoms with E-state index in [-0.39, 0.29) is 0 Å². The highest BCUT2D eigenvalue weighted by molar-refractivity contribution is 5.32. The zero-order valence-electron chi connectivity index (χ0n) is 10.8. The van der Waals surface area contributed by atoms with Crippen LogP contribution in [-0.2, 0) is 4.74 Å². The molecule has 1 aromatic heterocycles. The number of anilines is 1. The van der Waals surface area contributed by atoms with Crippen LogP contribution in [0.15, 0.2) is 12.3 Å². The van der Waals surface area contributed by atoms with Crippen LogP contribution in [0.25, 0.3) is 0 Å². The average Bonchev–Trinajstić information content (AvgIpc) is 2.69. The highest BCUT2D eigenvalue weighted by Crippen LogP contribution is 2.25. The Kier molecular flexibility index (Phi) is 3.43. The largest absolute Gasteiger partial charge is 0.372 e. The quantitative estimate of drug-likeness (QED) is 0.863. The topological polar surface area (TPSA) is 50.3 Å². The third kappa shape index (κ3) is 2.79. The van der Waals surface area contributed by atoms with Crippen LogP contribution in [0.4, 0.5) is 5.82 Å². The lowest BCUT2D eigenvalue weighted by atomic mass is 10.2. The van der Waals surface area contributed by atoms with Gasteiger partial charge in [0.15, 0.2) is 0 Å². The standard InChI is InChI=1S/C13H20N4O/c1-10-14-5-4-13(16-10)15-6-7-17-8-11-2-3-12(9-17)18-11/h4-5,11-12H,2-3,6-9H2,1H3,(H,14,15,16). The predicted molar refractivity (Wildman–Crippen MR) is 69.6 cm³/mol. The molecular formula is C13H20N4O. The van der Waals surface area contributed by atoms with Gasteiger partial charge in [-0.3, -0.25) is 4.90 Å². The number of ether oxygens (including phenoxy) is 1. The lowest BCUT2D eigenvalue weighted by molar-refractivity contribution is -0.0368. The van der Waals surface area contributed by atoms with Crippen LogP contribution in [0, 0.1) is 6.92 Å². The van der Waals surface area contributed by atoms with E-state index in [1.54, 1.807) is 6.20 Å². The predicted octanol–water partition coefficient (Wildman–Crippen LogP) is 1.06. The molecule has 2 fully saturated rings. The third-order valence-corrected chi connectivity index (χ3v) is 3.63. The Balaban J connectivity index is 1.45. The number of hydrogen-bond donors (Lipinski definition) is 1. The van der Waals surface area contributed by atoms with Gasteiger partial charge in [-0.15, -0.1) is 0 Å². The fourth-order valence-corrected chi connectivity index (χ4v) is 2.78. The molecule has 0 radical (unpaired) electrons. The Labute approximate surface area is 108 Å². The minimum atomic E-state index is 0.477. The van der Waals surface area contributed by atoms with E-state index in [0.717, 1.165) is 37.8 Å². The second-order valence-electron chi connectivity index (χ2n) is 5.13. The molecule has 0 spiro atoms. The van der Waals surface area contributed by atoms with Crippen molar-refractivity contribution in [1.29, 1.82) is 0 Å². The van der Waals surface area contributed by atoms with E-state index in [4.69, 9.17) is 4.74 Å². The molecule has 0 aliphatic carbocycles. The Bertz CT molecular complexity index is 400. The molecule has 2 bridgehead atoms. The highest BCUT2D eigenvalue weighted by Gasteiger charge is 2.33. The van der Waals surface area contributed by atoms with E-state index in [9.17, 15) is 0 Å². The van der Waals surface area contributed by atoms with Crippen molar-refractivity contribution < 1.29 is 4.74 Å². The maximum atomic E-state index is 5.83. The minimum Gasteiger partial charge on any atom is -0.372 e. The van der Waals surface area contributed by atoms with E-state index < -0.39 is 0 Å². The van der Waals surface area contributed by atoms with E-state index in [1.165, 1.54) is 12.8 Å². The zero-order valence-corrected chi connectivity index (χ0v) is 10.8. The van der Waals surface area contributed by atoms with Crippen molar-refractivity contribution in [3.8, 4) is 0 Å². The summed E-state index contributed by atoms with van der Waals surface area (Å²) in [4.78, 5) is 10.9. The van der Waals surface area contributed by atoms with Gasteiger partial charge in [-0.1, -0.05) is 0 Å². The van der Waals surface area contributed by atoms with Gasteiger partial charge < -0.3 is 10.1 Å². The van der Waals surface area contributed by atoms with Gasteiger partial charge in [-0.05, 0) is 25.8 Å². The summed E-state index contributed by atoms with van der Waals surface area (Å²) < 4.78 is 5.83. The first-order valence-corrected chi connectivity index (χ1v) is 6.71. The maximum absolute atomic E-state index is 5.83. The third-order valence-electron chi connectivity index (χ3n) is 3.63.